The van der Waals surface area contributed by atoms with E-state index in [1.807, 2.05) is 19.1 Å². The summed E-state index contributed by atoms with van der Waals surface area (Å²) in [5.41, 5.74) is 2.39. The summed E-state index contributed by atoms with van der Waals surface area (Å²) < 4.78 is 5.18. The molecular formula is C17H28N2O2. The lowest BCUT2D eigenvalue weighted by molar-refractivity contribution is -0.145. The molecule has 21 heavy (non-hydrogen) atoms. The molecule has 0 aliphatic rings. The number of anilines is 1. The van der Waals surface area contributed by atoms with E-state index in [1.165, 1.54) is 11.3 Å². The zero-order chi connectivity index (χ0) is 15.7. The highest BCUT2D eigenvalue weighted by Gasteiger charge is 2.22. The van der Waals surface area contributed by atoms with Gasteiger partial charge in [-0.2, -0.15) is 0 Å². The molecule has 0 fully saturated rings. The Morgan fingerprint density at radius 1 is 1.29 bits per heavy atom. The number of para-hydroxylation sites is 1. The van der Waals surface area contributed by atoms with Gasteiger partial charge in [-0.3, -0.25) is 4.79 Å². The monoisotopic (exact) mass is 292 g/mol. The number of hydrogen-bond donors (Lipinski definition) is 1. The zero-order valence-corrected chi connectivity index (χ0v) is 13.7. The summed E-state index contributed by atoms with van der Waals surface area (Å²) in [6, 6.07) is 7.97. The molecule has 0 aliphatic carbocycles. The van der Waals surface area contributed by atoms with Crippen molar-refractivity contribution in [1.29, 1.82) is 0 Å². The van der Waals surface area contributed by atoms with Crippen LogP contribution in [0.1, 0.15) is 32.8 Å². The number of benzene rings is 1. The van der Waals surface area contributed by atoms with Crippen LogP contribution in [-0.2, 0) is 9.53 Å². The van der Waals surface area contributed by atoms with Gasteiger partial charge in [-0.1, -0.05) is 25.1 Å². The highest BCUT2D eigenvalue weighted by atomic mass is 16.5. The third kappa shape index (κ3) is 5.38. The fraction of sp³-hybridized carbons (Fsp3) is 0.588. The Kier molecular flexibility index (Phi) is 7.83. The fourth-order valence-corrected chi connectivity index (χ4v) is 2.32. The Morgan fingerprint density at radius 2 is 2.00 bits per heavy atom. The van der Waals surface area contributed by atoms with Crippen LogP contribution < -0.4 is 10.2 Å². The molecule has 0 aliphatic heterocycles. The van der Waals surface area contributed by atoms with E-state index < -0.39 is 0 Å². The van der Waals surface area contributed by atoms with Gasteiger partial charge in [0.1, 0.15) is 6.04 Å². The largest absolute Gasteiger partial charge is 0.465 e. The second-order valence-corrected chi connectivity index (χ2v) is 5.08. The van der Waals surface area contributed by atoms with Crippen molar-refractivity contribution in [3.8, 4) is 0 Å². The summed E-state index contributed by atoms with van der Waals surface area (Å²) in [4.78, 5) is 14.3. The predicted molar refractivity (Wildman–Crippen MR) is 87.8 cm³/mol. The predicted octanol–water partition coefficient (Wildman–Crippen LogP) is 2.75. The SMILES string of the molecule is CCCNC(CN(CC)c1ccccc1C)C(=O)OCC. The maximum absolute atomic E-state index is 12.1. The smallest absolute Gasteiger partial charge is 0.324 e. The van der Waals surface area contributed by atoms with Crippen LogP contribution in [0.5, 0.6) is 0 Å². The van der Waals surface area contributed by atoms with E-state index in [0.29, 0.717) is 13.2 Å². The lowest BCUT2D eigenvalue weighted by Gasteiger charge is -2.29. The van der Waals surface area contributed by atoms with Gasteiger partial charge in [-0.15, -0.1) is 0 Å². The Hall–Kier alpha value is -1.55. The zero-order valence-electron chi connectivity index (χ0n) is 13.7. The molecule has 0 spiro atoms. The van der Waals surface area contributed by atoms with Gasteiger partial charge < -0.3 is 15.0 Å². The number of nitrogens with one attached hydrogen (secondary N) is 1. The fourth-order valence-electron chi connectivity index (χ4n) is 2.32. The molecule has 4 heteroatoms. The van der Waals surface area contributed by atoms with Crippen LogP contribution >= 0.6 is 0 Å². The molecule has 0 aromatic heterocycles. The summed E-state index contributed by atoms with van der Waals surface area (Å²) in [6.45, 7) is 10.8. The number of likely N-dealkylation sites (N-methyl/N-ethyl adjacent to an activating group) is 1. The van der Waals surface area contributed by atoms with Crippen LogP contribution in [-0.4, -0.2) is 38.3 Å². The van der Waals surface area contributed by atoms with Gasteiger partial charge in [0.05, 0.1) is 6.61 Å². The molecule has 1 aromatic rings. The number of ether oxygens (including phenoxy) is 1. The lowest BCUT2D eigenvalue weighted by atomic mass is 10.1. The molecule has 4 nitrogen and oxygen atoms in total. The maximum atomic E-state index is 12.1. The Balaban J connectivity index is 2.83. The highest BCUT2D eigenvalue weighted by molar-refractivity contribution is 5.77. The van der Waals surface area contributed by atoms with E-state index in [-0.39, 0.29) is 12.0 Å². The van der Waals surface area contributed by atoms with Crippen LogP contribution in [0.3, 0.4) is 0 Å². The van der Waals surface area contributed by atoms with Crippen molar-refractivity contribution in [2.75, 3.05) is 31.1 Å². The quantitative estimate of drug-likeness (QED) is 0.711. The van der Waals surface area contributed by atoms with Gasteiger partial charge in [-0.05, 0) is 45.4 Å². The normalized spacial score (nSPS) is 12.0. The number of rotatable bonds is 9. The molecule has 118 valence electrons. The van der Waals surface area contributed by atoms with Crippen molar-refractivity contribution < 1.29 is 9.53 Å². The minimum absolute atomic E-state index is 0.169. The minimum Gasteiger partial charge on any atom is -0.465 e. The van der Waals surface area contributed by atoms with Crippen molar-refractivity contribution >= 4 is 11.7 Å². The molecule has 0 saturated heterocycles. The second-order valence-electron chi connectivity index (χ2n) is 5.08. The molecule has 0 saturated carbocycles. The van der Waals surface area contributed by atoms with Crippen molar-refractivity contribution in [1.82, 2.24) is 5.32 Å². The van der Waals surface area contributed by atoms with Gasteiger partial charge in [0, 0.05) is 18.8 Å². The van der Waals surface area contributed by atoms with E-state index in [4.69, 9.17) is 4.74 Å². The first-order chi connectivity index (χ1) is 10.1. The van der Waals surface area contributed by atoms with E-state index in [0.717, 1.165) is 19.5 Å². The Morgan fingerprint density at radius 3 is 2.57 bits per heavy atom. The second kappa shape index (κ2) is 9.40. The lowest BCUT2D eigenvalue weighted by Crippen LogP contribution is -2.47. The molecule has 0 heterocycles. The molecule has 1 rings (SSSR count). The van der Waals surface area contributed by atoms with Crippen LogP contribution in [0.25, 0.3) is 0 Å². The summed E-state index contributed by atoms with van der Waals surface area (Å²) in [7, 11) is 0. The molecular weight excluding hydrogens is 264 g/mol. The number of esters is 1. The molecule has 0 amide bonds. The summed E-state index contributed by atoms with van der Waals surface area (Å²) in [6.07, 6.45) is 0.992. The van der Waals surface area contributed by atoms with Crippen molar-refractivity contribution in [2.45, 2.75) is 40.2 Å². The molecule has 1 aromatic carbocycles. The van der Waals surface area contributed by atoms with Gasteiger partial charge in [0.25, 0.3) is 0 Å². The van der Waals surface area contributed by atoms with Crippen molar-refractivity contribution in [3.63, 3.8) is 0 Å². The first-order valence-electron chi connectivity index (χ1n) is 7.84. The third-order valence-electron chi connectivity index (χ3n) is 3.45. The summed E-state index contributed by atoms with van der Waals surface area (Å²) >= 11 is 0. The van der Waals surface area contributed by atoms with Gasteiger partial charge in [0.2, 0.25) is 0 Å². The topological polar surface area (TPSA) is 41.6 Å². The Bertz CT molecular complexity index is 435. The van der Waals surface area contributed by atoms with Gasteiger partial charge in [0.15, 0.2) is 0 Å². The van der Waals surface area contributed by atoms with Crippen LogP contribution in [0.4, 0.5) is 5.69 Å². The number of aryl methyl sites for hydroxylation is 1. The van der Waals surface area contributed by atoms with E-state index in [1.54, 1.807) is 0 Å². The molecule has 0 bridgehead atoms. The van der Waals surface area contributed by atoms with Crippen LogP contribution in [0, 0.1) is 6.92 Å². The molecule has 1 unspecified atom stereocenters. The third-order valence-corrected chi connectivity index (χ3v) is 3.45. The summed E-state index contributed by atoms with van der Waals surface area (Å²) in [5, 5.41) is 3.29. The number of carbonyl (C=O) groups is 1. The van der Waals surface area contributed by atoms with Crippen LogP contribution in [0.2, 0.25) is 0 Å². The van der Waals surface area contributed by atoms with E-state index in [9.17, 15) is 4.79 Å². The molecule has 1 N–H and O–H groups in total. The van der Waals surface area contributed by atoms with Crippen LogP contribution in [0.15, 0.2) is 24.3 Å². The first-order valence-corrected chi connectivity index (χ1v) is 7.84. The number of nitrogens with zero attached hydrogens (tertiary/aromatic N) is 1. The van der Waals surface area contributed by atoms with E-state index >= 15 is 0 Å². The highest BCUT2D eigenvalue weighted by Crippen LogP contribution is 2.19. The summed E-state index contributed by atoms with van der Waals surface area (Å²) in [5.74, 6) is -0.169. The number of hydrogen-bond acceptors (Lipinski definition) is 4. The molecule has 1 atom stereocenters. The van der Waals surface area contributed by atoms with Gasteiger partial charge in [-0.25, -0.2) is 0 Å². The van der Waals surface area contributed by atoms with Gasteiger partial charge >= 0.3 is 5.97 Å². The van der Waals surface area contributed by atoms with E-state index in [2.05, 4.69) is 43.1 Å². The Labute approximate surface area is 128 Å². The molecule has 0 radical (unpaired) electrons. The van der Waals surface area contributed by atoms with Crippen molar-refractivity contribution in [2.24, 2.45) is 0 Å². The maximum Gasteiger partial charge on any atom is 0.324 e. The standard InChI is InChI=1S/C17H28N2O2/c1-5-12-18-15(17(20)21-7-3)13-19(6-2)16-11-9-8-10-14(16)4/h8-11,15,18H,5-7,12-13H2,1-4H3. The average molecular weight is 292 g/mol. The number of carbonyl (C=O) groups excluding carboxylic acids is 1. The average Bonchev–Trinajstić information content (AvgIpc) is 2.49. The van der Waals surface area contributed by atoms with Crippen molar-refractivity contribution in [3.05, 3.63) is 29.8 Å². The minimum atomic E-state index is -0.288. The first kappa shape index (κ1) is 17.5.